The molecule has 1 saturated heterocycles. The number of nitrogens with one attached hydrogen (secondary N) is 1. The predicted molar refractivity (Wildman–Crippen MR) is 127 cm³/mol. The molecule has 0 bridgehead atoms. The van der Waals surface area contributed by atoms with Gasteiger partial charge in [0, 0.05) is 49.7 Å². The second kappa shape index (κ2) is 8.96. The molecule has 5 rings (SSSR count). The zero-order valence-electron chi connectivity index (χ0n) is 18.5. The van der Waals surface area contributed by atoms with Crippen LogP contribution in [0.3, 0.4) is 0 Å². The van der Waals surface area contributed by atoms with Crippen molar-refractivity contribution in [1.82, 2.24) is 25.3 Å². The predicted octanol–water partition coefficient (Wildman–Crippen LogP) is 3.80. The van der Waals surface area contributed by atoms with Crippen LogP contribution < -0.4 is 15.0 Å². The van der Waals surface area contributed by atoms with Gasteiger partial charge in [0.25, 0.3) is 0 Å². The number of nitrogens with zero attached hydrogens (tertiary/aromatic N) is 5. The molecule has 32 heavy (non-hydrogen) atoms. The fourth-order valence-electron chi connectivity index (χ4n) is 4.46. The van der Waals surface area contributed by atoms with Crippen molar-refractivity contribution in [3.05, 3.63) is 66.4 Å². The first-order valence-corrected chi connectivity index (χ1v) is 11.1. The topological polar surface area (TPSA) is 68.1 Å². The SMILES string of the molecule is COc1cccc(CNC2CCN(c3nnc(-c4ccnn4C)c4ccccc34)CC2)c1. The lowest BCUT2D eigenvalue weighted by atomic mass is 10.0. The molecule has 0 radical (unpaired) electrons. The molecule has 0 atom stereocenters. The molecule has 1 fully saturated rings. The molecule has 0 saturated carbocycles. The molecule has 7 nitrogen and oxygen atoms in total. The summed E-state index contributed by atoms with van der Waals surface area (Å²) in [6.07, 6.45) is 3.94. The van der Waals surface area contributed by atoms with E-state index < -0.39 is 0 Å². The summed E-state index contributed by atoms with van der Waals surface area (Å²) in [7, 11) is 3.64. The van der Waals surface area contributed by atoms with Crippen LogP contribution in [0.2, 0.25) is 0 Å². The Morgan fingerprint density at radius 1 is 1.00 bits per heavy atom. The van der Waals surface area contributed by atoms with Gasteiger partial charge in [-0.05, 0) is 36.6 Å². The highest BCUT2D eigenvalue weighted by Crippen LogP contribution is 2.32. The highest BCUT2D eigenvalue weighted by Gasteiger charge is 2.23. The molecule has 2 aromatic carbocycles. The molecule has 4 aromatic rings. The van der Waals surface area contributed by atoms with Gasteiger partial charge in [-0.1, -0.05) is 36.4 Å². The summed E-state index contributed by atoms with van der Waals surface area (Å²) in [5.41, 5.74) is 3.09. The molecule has 1 N–H and O–H groups in total. The first-order chi connectivity index (χ1) is 15.7. The summed E-state index contributed by atoms with van der Waals surface area (Å²) < 4.78 is 7.17. The largest absolute Gasteiger partial charge is 0.497 e. The molecule has 0 unspecified atom stereocenters. The third-order valence-corrected chi connectivity index (χ3v) is 6.25. The van der Waals surface area contributed by atoms with E-state index in [9.17, 15) is 0 Å². The van der Waals surface area contributed by atoms with E-state index in [2.05, 4.69) is 61.9 Å². The van der Waals surface area contributed by atoms with Crippen LogP contribution >= 0.6 is 0 Å². The van der Waals surface area contributed by atoms with Gasteiger partial charge in [-0.2, -0.15) is 5.10 Å². The molecule has 164 valence electrons. The van der Waals surface area contributed by atoms with Crippen LogP contribution in [0.25, 0.3) is 22.2 Å². The Morgan fingerprint density at radius 2 is 1.81 bits per heavy atom. The number of hydrogen-bond acceptors (Lipinski definition) is 6. The zero-order valence-corrected chi connectivity index (χ0v) is 18.5. The number of benzene rings is 2. The van der Waals surface area contributed by atoms with Crippen molar-refractivity contribution >= 4 is 16.6 Å². The van der Waals surface area contributed by atoms with E-state index >= 15 is 0 Å². The van der Waals surface area contributed by atoms with Crippen LogP contribution in [-0.2, 0) is 13.6 Å². The quantitative estimate of drug-likeness (QED) is 0.504. The minimum absolute atomic E-state index is 0.491. The standard InChI is InChI=1S/C25H28N6O/c1-30-23(10-13-27-30)24-21-8-3-4-9-22(21)25(29-28-24)31-14-11-19(12-15-31)26-17-18-6-5-7-20(16-18)32-2/h3-10,13,16,19,26H,11-12,14-15,17H2,1-2H3. The van der Waals surface area contributed by atoms with Gasteiger partial charge < -0.3 is 15.0 Å². The Morgan fingerprint density at radius 3 is 2.56 bits per heavy atom. The van der Waals surface area contributed by atoms with E-state index in [-0.39, 0.29) is 0 Å². The van der Waals surface area contributed by atoms with Crippen LogP contribution in [0.1, 0.15) is 18.4 Å². The Bertz CT molecular complexity index is 1210. The molecule has 1 aliphatic rings. The number of ether oxygens (including phenoxy) is 1. The van der Waals surface area contributed by atoms with E-state index in [1.807, 2.05) is 29.9 Å². The lowest BCUT2D eigenvalue weighted by Crippen LogP contribution is -2.42. The van der Waals surface area contributed by atoms with Gasteiger partial charge in [0.1, 0.15) is 11.4 Å². The number of fused-ring (bicyclic) bond motifs is 1. The van der Waals surface area contributed by atoms with E-state index in [1.54, 1.807) is 13.3 Å². The van der Waals surface area contributed by atoms with Crippen molar-refractivity contribution in [1.29, 1.82) is 0 Å². The smallest absolute Gasteiger partial charge is 0.159 e. The second-order valence-electron chi connectivity index (χ2n) is 8.25. The van der Waals surface area contributed by atoms with Crippen LogP contribution in [0.4, 0.5) is 5.82 Å². The lowest BCUT2D eigenvalue weighted by molar-refractivity contribution is 0.406. The fraction of sp³-hybridized carbons (Fsp3) is 0.320. The Hall–Kier alpha value is -3.45. The number of aromatic nitrogens is 4. The van der Waals surface area contributed by atoms with Crippen molar-refractivity contribution < 1.29 is 4.74 Å². The van der Waals surface area contributed by atoms with Gasteiger partial charge in [0.15, 0.2) is 5.82 Å². The number of hydrogen-bond donors (Lipinski definition) is 1. The van der Waals surface area contributed by atoms with Crippen LogP contribution in [-0.4, -0.2) is 46.2 Å². The molecule has 3 heterocycles. The van der Waals surface area contributed by atoms with E-state index in [1.165, 1.54) is 5.56 Å². The molecule has 2 aromatic heterocycles. The monoisotopic (exact) mass is 428 g/mol. The summed E-state index contributed by atoms with van der Waals surface area (Å²) in [5, 5.41) is 19.5. The molecular weight excluding hydrogens is 400 g/mol. The fourth-order valence-corrected chi connectivity index (χ4v) is 4.46. The third kappa shape index (κ3) is 4.03. The van der Waals surface area contributed by atoms with E-state index in [0.29, 0.717) is 6.04 Å². The van der Waals surface area contributed by atoms with Gasteiger partial charge in [0.05, 0.1) is 12.8 Å². The average Bonchev–Trinajstić information content (AvgIpc) is 3.28. The highest BCUT2D eigenvalue weighted by atomic mass is 16.5. The zero-order chi connectivity index (χ0) is 21.9. The number of anilines is 1. The maximum absolute atomic E-state index is 5.33. The van der Waals surface area contributed by atoms with Crippen LogP contribution in [0.5, 0.6) is 5.75 Å². The van der Waals surface area contributed by atoms with Crippen LogP contribution in [0, 0.1) is 0 Å². The number of rotatable bonds is 6. The maximum atomic E-state index is 5.33. The lowest BCUT2D eigenvalue weighted by Gasteiger charge is -2.33. The average molecular weight is 429 g/mol. The molecule has 0 amide bonds. The first-order valence-electron chi connectivity index (χ1n) is 11.1. The Labute approximate surface area is 188 Å². The van der Waals surface area contributed by atoms with E-state index in [0.717, 1.165) is 66.2 Å². The molecule has 0 aliphatic carbocycles. The highest BCUT2D eigenvalue weighted by molar-refractivity contribution is 5.99. The summed E-state index contributed by atoms with van der Waals surface area (Å²) in [5.74, 6) is 1.87. The van der Waals surface area contributed by atoms with Crippen molar-refractivity contribution in [2.24, 2.45) is 7.05 Å². The van der Waals surface area contributed by atoms with Gasteiger partial charge >= 0.3 is 0 Å². The minimum atomic E-state index is 0.491. The molecule has 1 aliphatic heterocycles. The van der Waals surface area contributed by atoms with Crippen molar-refractivity contribution in [3.63, 3.8) is 0 Å². The number of methoxy groups -OCH3 is 1. The second-order valence-corrected chi connectivity index (χ2v) is 8.25. The Balaban J connectivity index is 1.29. The Kier molecular flexibility index (Phi) is 5.73. The van der Waals surface area contributed by atoms with Gasteiger partial charge in [-0.25, -0.2) is 0 Å². The summed E-state index contributed by atoms with van der Waals surface area (Å²) in [6.45, 7) is 2.77. The van der Waals surface area contributed by atoms with E-state index in [4.69, 9.17) is 4.74 Å². The maximum Gasteiger partial charge on any atom is 0.159 e. The number of aryl methyl sites for hydroxylation is 1. The van der Waals surface area contributed by atoms with Gasteiger partial charge in [0.2, 0.25) is 0 Å². The summed E-state index contributed by atoms with van der Waals surface area (Å²) >= 11 is 0. The summed E-state index contributed by atoms with van der Waals surface area (Å²) in [4.78, 5) is 2.37. The number of piperidine rings is 1. The van der Waals surface area contributed by atoms with Crippen molar-refractivity contribution in [2.45, 2.75) is 25.4 Å². The van der Waals surface area contributed by atoms with Gasteiger partial charge in [-0.15, -0.1) is 10.2 Å². The third-order valence-electron chi connectivity index (χ3n) is 6.25. The minimum Gasteiger partial charge on any atom is -0.497 e. The molecular formula is C25H28N6O. The van der Waals surface area contributed by atoms with Gasteiger partial charge in [-0.3, -0.25) is 4.68 Å². The molecule has 0 spiro atoms. The summed E-state index contributed by atoms with van der Waals surface area (Å²) in [6, 6.07) is 19.1. The first kappa shape index (κ1) is 20.5. The van der Waals surface area contributed by atoms with Crippen molar-refractivity contribution in [2.75, 3.05) is 25.1 Å². The van der Waals surface area contributed by atoms with Crippen molar-refractivity contribution in [3.8, 4) is 17.1 Å². The normalized spacial score (nSPS) is 14.8. The molecule has 7 heteroatoms. The van der Waals surface area contributed by atoms with Crippen LogP contribution in [0.15, 0.2) is 60.8 Å².